The maximum absolute atomic E-state index is 12.9. The lowest BCUT2D eigenvalue weighted by molar-refractivity contribution is 0.0695. The number of hydrogen-bond acceptors (Lipinski definition) is 3. The number of carbonyl (C=O) groups is 1. The van der Waals surface area contributed by atoms with E-state index in [0.717, 1.165) is 21.9 Å². The van der Waals surface area contributed by atoms with Crippen molar-refractivity contribution in [2.75, 3.05) is 4.72 Å². The first-order chi connectivity index (χ1) is 14.9. The van der Waals surface area contributed by atoms with Crippen molar-refractivity contribution in [2.45, 2.75) is 17.7 Å². The van der Waals surface area contributed by atoms with Crippen molar-refractivity contribution in [2.24, 2.45) is 0 Å². The van der Waals surface area contributed by atoms with Gasteiger partial charge in [-0.2, -0.15) is 0 Å². The van der Waals surface area contributed by atoms with E-state index in [4.69, 9.17) is 0 Å². The molecule has 0 bridgehead atoms. The monoisotopic (exact) mass is 431 g/mol. The normalized spacial score (nSPS) is 11.4. The standard InChI is InChI=1S/C25H21NO4S/c27-25(28)24-11-4-3-8-20(24)13-12-18-6-5-10-22(16-18)26-31(29,30)23-15-14-19-7-1-2-9-21(19)17-23/h1-11,14-17,26H,12-13H2,(H,27,28). The maximum atomic E-state index is 12.9. The van der Waals surface area contributed by atoms with E-state index >= 15 is 0 Å². The Kier molecular flexibility index (Phi) is 5.73. The number of aromatic carboxylic acids is 1. The second kappa shape index (κ2) is 8.62. The molecule has 0 aliphatic heterocycles. The summed E-state index contributed by atoms with van der Waals surface area (Å²) in [5.74, 6) is -0.951. The highest BCUT2D eigenvalue weighted by molar-refractivity contribution is 7.92. The van der Waals surface area contributed by atoms with Crippen LogP contribution in [-0.2, 0) is 22.9 Å². The Morgan fingerprint density at radius 2 is 1.52 bits per heavy atom. The van der Waals surface area contributed by atoms with E-state index in [1.165, 1.54) is 0 Å². The average Bonchev–Trinajstić information content (AvgIpc) is 2.77. The van der Waals surface area contributed by atoms with E-state index in [0.29, 0.717) is 18.5 Å². The van der Waals surface area contributed by atoms with Gasteiger partial charge in [-0.1, -0.05) is 60.7 Å². The van der Waals surface area contributed by atoms with Crippen LogP contribution < -0.4 is 4.72 Å². The third-order valence-corrected chi connectivity index (χ3v) is 6.52. The van der Waals surface area contributed by atoms with Gasteiger partial charge in [0.05, 0.1) is 10.5 Å². The predicted octanol–water partition coefficient (Wildman–Crippen LogP) is 5.12. The molecule has 4 aromatic carbocycles. The van der Waals surface area contributed by atoms with Crippen LogP contribution in [0.5, 0.6) is 0 Å². The number of benzene rings is 4. The highest BCUT2D eigenvalue weighted by Gasteiger charge is 2.15. The summed E-state index contributed by atoms with van der Waals surface area (Å²) in [7, 11) is -3.73. The van der Waals surface area contributed by atoms with Gasteiger partial charge < -0.3 is 5.11 Å². The van der Waals surface area contributed by atoms with Crippen LogP contribution in [0.1, 0.15) is 21.5 Å². The summed E-state index contributed by atoms with van der Waals surface area (Å²) >= 11 is 0. The van der Waals surface area contributed by atoms with E-state index in [-0.39, 0.29) is 10.5 Å². The van der Waals surface area contributed by atoms with Gasteiger partial charge in [0.1, 0.15) is 0 Å². The Bertz CT molecular complexity index is 1360. The van der Waals surface area contributed by atoms with Gasteiger partial charge in [-0.25, -0.2) is 13.2 Å². The summed E-state index contributed by atoms with van der Waals surface area (Å²) in [6, 6.07) is 26.7. The van der Waals surface area contributed by atoms with Crippen LogP contribution >= 0.6 is 0 Å². The van der Waals surface area contributed by atoms with Gasteiger partial charge in [0.25, 0.3) is 10.0 Å². The molecular formula is C25H21NO4S. The van der Waals surface area contributed by atoms with Crippen molar-refractivity contribution < 1.29 is 18.3 Å². The molecule has 0 radical (unpaired) electrons. The topological polar surface area (TPSA) is 83.5 Å². The Balaban J connectivity index is 1.52. The summed E-state index contributed by atoms with van der Waals surface area (Å²) in [4.78, 5) is 11.6. The second-order valence-electron chi connectivity index (χ2n) is 7.28. The fraction of sp³-hybridized carbons (Fsp3) is 0.0800. The van der Waals surface area contributed by atoms with Crippen molar-refractivity contribution >= 4 is 32.5 Å². The first-order valence-electron chi connectivity index (χ1n) is 9.84. The molecule has 4 aromatic rings. The van der Waals surface area contributed by atoms with Gasteiger partial charge in [-0.3, -0.25) is 4.72 Å². The average molecular weight is 432 g/mol. The van der Waals surface area contributed by atoms with E-state index in [2.05, 4.69) is 4.72 Å². The molecular weight excluding hydrogens is 410 g/mol. The van der Waals surface area contributed by atoms with Crippen LogP contribution in [0.25, 0.3) is 10.8 Å². The minimum absolute atomic E-state index is 0.201. The third kappa shape index (κ3) is 4.75. The first-order valence-corrected chi connectivity index (χ1v) is 11.3. The zero-order chi connectivity index (χ0) is 21.8. The first kappa shape index (κ1) is 20.6. The predicted molar refractivity (Wildman–Crippen MR) is 122 cm³/mol. The van der Waals surface area contributed by atoms with E-state index in [9.17, 15) is 18.3 Å². The minimum atomic E-state index is -3.73. The van der Waals surface area contributed by atoms with E-state index in [1.54, 1.807) is 54.6 Å². The Morgan fingerprint density at radius 3 is 2.32 bits per heavy atom. The van der Waals surface area contributed by atoms with Crippen LogP contribution in [0.2, 0.25) is 0 Å². The molecule has 0 fully saturated rings. The number of nitrogens with one attached hydrogen (secondary N) is 1. The minimum Gasteiger partial charge on any atom is -0.478 e. The number of fused-ring (bicyclic) bond motifs is 1. The molecule has 31 heavy (non-hydrogen) atoms. The number of carboxylic acids is 1. The lowest BCUT2D eigenvalue weighted by Gasteiger charge is -2.11. The Morgan fingerprint density at radius 1 is 0.774 bits per heavy atom. The molecule has 0 amide bonds. The lowest BCUT2D eigenvalue weighted by Crippen LogP contribution is -2.13. The molecule has 2 N–H and O–H groups in total. The third-order valence-electron chi connectivity index (χ3n) is 5.14. The SMILES string of the molecule is O=C(O)c1ccccc1CCc1cccc(NS(=O)(=O)c2ccc3ccccc3c2)c1. The molecule has 0 saturated heterocycles. The van der Waals surface area contributed by atoms with Gasteiger partial charge in [-0.15, -0.1) is 0 Å². The highest BCUT2D eigenvalue weighted by Crippen LogP contribution is 2.22. The van der Waals surface area contributed by atoms with Crippen molar-refractivity contribution in [3.8, 4) is 0 Å². The molecule has 0 heterocycles. The van der Waals surface area contributed by atoms with Crippen molar-refractivity contribution in [1.82, 2.24) is 0 Å². The number of sulfonamides is 1. The summed E-state index contributed by atoms with van der Waals surface area (Å²) in [6.07, 6.45) is 1.14. The van der Waals surface area contributed by atoms with Gasteiger partial charge >= 0.3 is 5.97 Å². The van der Waals surface area contributed by atoms with Crippen molar-refractivity contribution in [3.05, 3.63) is 108 Å². The lowest BCUT2D eigenvalue weighted by atomic mass is 10.00. The fourth-order valence-electron chi connectivity index (χ4n) is 3.56. The zero-order valence-corrected chi connectivity index (χ0v) is 17.5. The molecule has 0 aliphatic carbocycles. The molecule has 6 heteroatoms. The number of rotatable bonds is 7. The smallest absolute Gasteiger partial charge is 0.335 e. The van der Waals surface area contributed by atoms with Crippen LogP contribution in [0.4, 0.5) is 5.69 Å². The Hall–Kier alpha value is -3.64. The molecule has 0 aliphatic rings. The molecule has 0 atom stereocenters. The molecule has 5 nitrogen and oxygen atoms in total. The molecule has 4 rings (SSSR count). The van der Waals surface area contributed by atoms with Crippen LogP contribution in [0.15, 0.2) is 95.9 Å². The molecule has 0 saturated carbocycles. The highest BCUT2D eigenvalue weighted by atomic mass is 32.2. The van der Waals surface area contributed by atoms with E-state index < -0.39 is 16.0 Å². The number of hydrogen-bond donors (Lipinski definition) is 2. The quantitative estimate of drug-likeness (QED) is 0.425. The summed E-state index contributed by atoms with van der Waals surface area (Å²) in [5.41, 5.74) is 2.42. The molecule has 0 spiro atoms. The van der Waals surface area contributed by atoms with Gasteiger partial charge in [0.15, 0.2) is 0 Å². The number of aryl methyl sites for hydroxylation is 2. The van der Waals surface area contributed by atoms with Crippen LogP contribution in [0.3, 0.4) is 0 Å². The maximum Gasteiger partial charge on any atom is 0.335 e. The van der Waals surface area contributed by atoms with Gasteiger partial charge in [-0.05, 0) is 65.1 Å². The summed E-state index contributed by atoms with van der Waals surface area (Å²) < 4.78 is 28.4. The molecule has 156 valence electrons. The summed E-state index contributed by atoms with van der Waals surface area (Å²) in [6.45, 7) is 0. The zero-order valence-electron chi connectivity index (χ0n) is 16.7. The van der Waals surface area contributed by atoms with Crippen LogP contribution in [-0.4, -0.2) is 19.5 Å². The molecule has 0 unspecified atom stereocenters. The van der Waals surface area contributed by atoms with E-state index in [1.807, 2.05) is 36.4 Å². The Labute approximate surface area is 181 Å². The fourth-order valence-corrected chi connectivity index (χ4v) is 4.65. The van der Waals surface area contributed by atoms with Crippen LogP contribution in [0, 0.1) is 0 Å². The van der Waals surface area contributed by atoms with Crippen molar-refractivity contribution in [1.29, 1.82) is 0 Å². The van der Waals surface area contributed by atoms with Gasteiger partial charge in [0, 0.05) is 5.69 Å². The van der Waals surface area contributed by atoms with Crippen molar-refractivity contribution in [3.63, 3.8) is 0 Å². The summed E-state index contributed by atoms with van der Waals surface area (Å²) in [5, 5.41) is 11.2. The largest absolute Gasteiger partial charge is 0.478 e. The molecule has 0 aromatic heterocycles. The van der Waals surface area contributed by atoms with Gasteiger partial charge in [0.2, 0.25) is 0 Å². The number of carboxylic acid groups (broad SMARTS) is 1. The number of anilines is 1. The second-order valence-corrected chi connectivity index (χ2v) is 8.96.